The number of hydrogen-bond donors (Lipinski definition) is 0. The third-order valence-corrected chi connectivity index (χ3v) is 6.29. The Morgan fingerprint density at radius 2 is 2.25 bits per heavy atom. The predicted molar refractivity (Wildman–Crippen MR) is 99.3 cm³/mol. The summed E-state index contributed by atoms with van der Waals surface area (Å²) >= 11 is 3.05. The molecule has 4 nitrogen and oxygen atoms in total. The maximum Gasteiger partial charge on any atom is 0.270 e. The second-order valence-electron chi connectivity index (χ2n) is 5.95. The molecule has 0 N–H and O–H groups in total. The highest BCUT2D eigenvalue weighted by molar-refractivity contribution is 7.22. The van der Waals surface area contributed by atoms with E-state index in [1.54, 1.807) is 16.2 Å². The third-order valence-electron chi connectivity index (χ3n) is 4.23. The lowest BCUT2D eigenvalue weighted by Gasteiger charge is -2.22. The molecule has 0 radical (unpaired) electrons. The fraction of sp³-hybridized carbons (Fsp3) is 0.333. The quantitative estimate of drug-likeness (QED) is 0.690. The first kappa shape index (κ1) is 15.7. The van der Waals surface area contributed by atoms with Gasteiger partial charge in [-0.25, -0.2) is 4.98 Å². The van der Waals surface area contributed by atoms with Crippen molar-refractivity contribution in [3.05, 3.63) is 46.2 Å². The Labute approximate surface area is 148 Å². The number of amides is 1. The van der Waals surface area contributed by atoms with Crippen LogP contribution in [0, 0.1) is 6.92 Å². The summed E-state index contributed by atoms with van der Waals surface area (Å²) in [5.74, 6) is 0.0251. The number of nitrogens with zero attached hydrogens (tertiary/aromatic N) is 2. The first-order valence-electron chi connectivity index (χ1n) is 8.05. The van der Waals surface area contributed by atoms with Gasteiger partial charge in [-0.3, -0.25) is 9.69 Å². The number of benzene rings is 1. The zero-order valence-corrected chi connectivity index (χ0v) is 15.0. The summed E-state index contributed by atoms with van der Waals surface area (Å²) in [5.41, 5.74) is 1.95. The van der Waals surface area contributed by atoms with Crippen LogP contribution in [0.4, 0.5) is 5.13 Å². The number of ether oxygens (including phenoxy) is 1. The molecule has 1 aromatic carbocycles. The smallest absolute Gasteiger partial charge is 0.270 e. The molecule has 2 aromatic heterocycles. The van der Waals surface area contributed by atoms with Crippen LogP contribution in [0.25, 0.3) is 10.2 Å². The Morgan fingerprint density at radius 3 is 2.96 bits per heavy atom. The molecule has 1 unspecified atom stereocenters. The van der Waals surface area contributed by atoms with Crippen LogP contribution < -0.4 is 4.90 Å². The monoisotopic (exact) mass is 358 g/mol. The van der Waals surface area contributed by atoms with Gasteiger partial charge in [0, 0.05) is 6.61 Å². The maximum atomic E-state index is 13.1. The summed E-state index contributed by atoms with van der Waals surface area (Å²) in [7, 11) is 0. The van der Waals surface area contributed by atoms with Gasteiger partial charge in [-0.15, -0.1) is 11.3 Å². The van der Waals surface area contributed by atoms with E-state index in [2.05, 4.69) is 4.98 Å². The van der Waals surface area contributed by atoms with Crippen molar-refractivity contribution in [2.24, 2.45) is 0 Å². The van der Waals surface area contributed by atoms with Crippen molar-refractivity contribution in [2.45, 2.75) is 25.9 Å². The summed E-state index contributed by atoms with van der Waals surface area (Å²) in [5, 5.41) is 2.72. The van der Waals surface area contributed by atoms with E-state index >= 15 is 0 Å². The van der Waals surface area contributed by atoms with Crippen molar-refractivity contribution in [3.63, 3.8) is 0 Å². The van der Waals surface area contributed by atoms with Crippen molar-refractivity contribution < 1.29 is 9.53 Å². The van der Waals surface area contributed by atoms with Gasteiger partial charge < -0.3 is 4.74 Å². The number of rotatable bonds is 4. The molecule has 0 spiro atoms. The average Bonchev–Trinajstić information content (AvgIpc) is 3.32. The zero-order valence-electron chi connectivity index (χ0n) is 13.4. The first-order valence-corrected chi connectivity index (χ1v) is 9.75. The van der Waals surface area contributed by atoms with Crippen molar-refractivity contribution in [2.75, 3.05) is 18.1 Å². The van der Waals surface area contributed by atoms with Crippen molar-refractivity contribution in [1.82, 2.24) is 4.98 Å². The minimum atomic E-state index is 0.0251. The molecule has 0 saturated carbocycles. The molecule has 0 bridgehead atoms. The molecule has 124 valence electrons. The molecule has 3 heterocycles. The molecular weight excluding hydrogens is 340 g/mol. The lowest BCUT2D eigenvalue weighted by molar-refractivity contribution is 0.0920. The fourth-order valence-corrected chi connectivity index (χ4v) is 4.78. The van der Waals surface area contributed by atoms with Gasteiger partial charge in [-0.1, -0.05) is 23.5 Å². The second-order valence-corrected chi connectivity index (χ2v) is 7.87. The SMILES string of the molecule is Cc1ccsc1C(=O)N(CC1CCCO1)c1nc2ccccc2s1. The number of aromatic nitrogens is 1. The van der Waals surface area contributed by atoms with Crippen molar-refractivity contribution in [1.29, 1.82) is 0 Å². The molecule has 1 saturated heterocycles. The van der Waals surface area contributed by atoms with Crippen molar-refractivity contribution in [3.8, 4) is 0 Å². The highest BCUT2D eigenvalue weighted by atomic mass is 32.1. The highest BCUT2D eigenvalue weighted by Crippen LogP contribution is 2.31. The van der Waals surface area contributed by atoms with Gasteiger partial charge in [0.1, 0.15) is 0 Å². The van der Waals surface area contributed by atoms with Gasteiger partial charge in [-0.05, 0) is 48.9 Å². The highest BCUT2D eigenvalue weighted by Gasteiger charge is 2.28. The molecule has 6 heteroatoms. The van der Waals surface area contributed by atoms with E-state index in [9.17, 15) is 4.79 Å². The molecule has 4 rings (SSSR count). The molecular formula is C18H18N2O2S2. The number of thiazole rings is 1. The Balaban J connectivity index is 1.71. The normalized spacial score (nSPS) is 17.5. The topological polar surface area (TPSA) is 42.4 Å². The summed E-state index contributed by atoms with van der Waals surface area (Å²) < 4.78 is 6.86. The molecule has 0 aliphatic carbocycles. The van der Waals surface area contributed by atoms with E-state index < -0.39 is 0 Å². The number of fused-ring (bicyclic) bond motifs is 1. The molecule has 1 aliphatic heterocycles. The molecule has 1 atom stereocenters. The van der Waals surface area contributed by atoms with Crippen LogP contribution in [-0.2, 0) is 4.74 Å². The third kappa shape index (κ3) is 2.97. The summed E-state index contributed by atoms with van der Waals surface area (Å²) in [6.45, 7) is 3.33. The van der Waals surface area contributed by atoms with E-state index in [-0.39, 0.29) is 12.0 Å². The number of carbonyl (C=O) groups is 1. The van der Waals surface area contributed by atoms with E-state index in [1.807, 2.05) is 42.6 Å². The second kappa shape index (κ2) is 6.63. The van der Waals surface area contributed by atoms with Gasteiger partial charge in [0.25, 0.3) is 5.91 Å². The van der Waals surface area contributed by atoms with Crippen LogP contribution in [0.2, 0.25) is 0 Å². The lowest BCUT2D eigenvalue weighted by atomic mass is 10.2. The summed E-state index contributed by atoms with van der Waals surface area (Å²) in [6.07, 6.45) is 2.16. The van der Waals surface area contributed by atoms with Gasteiger partial charge in [0.2, 0.25) is 0 Å². The summed E-state index contributed by atoms with van der Waals surface area (Å²) in [4.78, 5) is 20.4. The van der Waals surface area contributed by atoms with E-state index in [0.29, 0.717) is 6.54 Å². The Hall–Kier alpha value is -1.76. The predicted octanol–water partition coefficient (Wildman–Crippen LogP) is 4.49. The summed E-state index contributed by atoms with van der Waals surface area (Å²) in [6, 6.07) is 9.99. The van der Waals surface area contributed by atoms with Crippen LogP contribution in [0.5, 0.6) is 0 Å². The van der Waals surface area contributed by atoms with Crippen LogP contribution in [-0.4, -0.2) is 30.1 Å². The minimum absolute atomic E-state index is 0.0251. The average molecular weight is 358 g/mol. The molecule has 1 amide bonds. The molecule has 24 heavy (non-hydrogen) atoms. The van der Waals surface area contributed by atoms with Crippen LogP contribution in [0.3, 0.4) is 0 Å². The number of para-hydroxylation sites is 1. The minimum Gasteiger partial charge on any atom is -0.376 e. The van der Waals surface area contributed by atoms with Crippen LogP contribution >= 0.6 is 22.7 Å². The van der Waals surface area contributed by atoms with E-state index in [0.717, 1.165) is 45.2 Å². The van der Waals surface area contributed by atoms with Crippen LogP contribution in [0.1, 0.15) is 28.1 Å². The Morgan fingerprint density at radius 1 is 1.38 bits per heavy atom. The lowest BCUT2D eigenvalue weighted by Crippen LogP contribution is -2.37. The molecule has 3 aromatic rings. The number of thiophene rings is 1. The zero-order chi connectivity index (χ0) is 16.5. The van der Waals surface area contributed by atoms with Gasteiger partial charge in [-0.2, -0.15) is 0 Å². The van der Waals surface area contributed by atoms with Crippen molar-refractivity contribution >= 4 is 43.9 Å². The molecule has 1 aliphatic rings. The standard InChI is InChI=1S/C18H18N2O2S2/c1-12-8-10-23-16(12)17(21)20(11-13-5-4-9-22-13)18-19-14-6-2-3-7-15(14)24-18/h2-3,6-8,10,13H,4-5,9,11H2,1H3. The number of aryl methyl sites for hydroxylation is 1. The van der Waals surface area contributed by atoms with E-state index in [1.165, 1.54) is 11.3 Å². The number of carbonyl (C=O) groups excluding carboxylic acids is 1. The van der Waals surface area contributed by atoms with E-state index in [4.69, 9.17) is 4.74 Å². The first-order chi connectivity index (χ1) is 11.7. The number of anilines is 1. The van der Waals surface area contributed by atoms with Gasteiger partial charge >= 0.3 is 0 Å². The van der Waals surface area contributed by atoms with Gasteiger partial charge in [0.05, 0.1) is 27.7 Å². The van der Waals surface area contributed by atoms with Crippen LogP contribution in [0.15, 0.2) is 35.7 Å². The number of hydrogen-bond acceptors (Lipinski definition) is 5. The Kier molecular flexibility index (Phi) is 4.35. The largest absolute Gasteiger partial charge is 0.376 e. The fourth-order valence-electron chi connectivity index (χ4n) is 2.93. The molecule has 1 fully saturated rings. The Bertz CT molecular complexity index is 832. The van der Waals surface area contributed by atoms with Gasteiger partial charge in [0.15, 0.2) is 5.13 Å². The maximum absolute atomic E-state index is 13.1.